The summed E-state index contributed by atoms with van der Waals surface area (Å²) >= 11 is 1.17. The van der Waals surface area contributed by atoms with Crippen molar-refractivity contribution >= 4 is 39.1 Å². The molecule has 0 bridgehead atoms. The monoisotopic (exact) mass is 489 g/mol. The lowest BCUT2D eigenvalue weighted by molar-refractivity contribution is -0.385. The van der Waals surface area contributed by atoms with Gasteiger partial charge in [-0.25, -0.2) is 4.79 Å². The summed E-state index contributed by atoms with van der Waals surface area (Å²) in [6, 6.07) is 7.37. The molecule has 0 saturated carbocycles. The maximum atomic E-state index is 13.1. The van der Waals surface area contributed by atoms with Crippen LogP contribution in [-0.4, -0.2) is 55.9 Å². The third-order valence-electron chi connectivity index (χ3n) is 4.84. The van der Waals surface area contributed by atoms with Crippen LogP contribution in [0.2, 0.25) is 0 Å². The Kier molecular flexibility index (Phi) is 7.97. The highest BCUT2D eigenvalue weighted by atomic mass is 32.1. The number of fused-ring (bicyclic) bond motifs is 1. The summed E-state index contributed by atoms with van der Waals surface area (Å²) in [5.41, 5.74) is 0.387. The number of amides is 1. The predicted octanol–water partition coefficient (Wildman–Crippen LogP) is 3.19. The number of nitro groups is 1. The van der Waals surface area contributed by atoms with Crippen LogP contribution in [0.1, 0.15) is 27.6 Å². The molecule has 3 rings (SSSR count). The Hall–Kier alpha value is -3.77. The maximum absolute atomic E-state index is 13.1. The van der Waals surface area contributed by atoms with E-state index >= 15 is 0 Å². The lowest BCUT2D eigenvalue weighted by Gasteiger charge is -2.09. The highest BCUT2D eigenvalue weighted by Crippen LogP contribution is 2.34. The van der Waals surface area contributed by atoms with Gasteiger partial charge in [-0.15, -0.1) is 0 Å². The van der Waals surface area contributed by atoms with E-state index in [1.807, 2.05) is 0 Å². The molecule has 0 aliphatic rings. The Labute approximate surface area is 198 Å². The van der Waals surface area contributed by atoms with Gasteiger partial charge in [0.1, 0.15) is 5.56 Å². The van der Waals surface area contributed by atoms with E-state index in [0.717, 1.165) is 11.6 Å². The minimum Gasteiger partial charge on any atom is -0.493 e. The number of rotatable bonds is 9. The smallest absolute Gasteiger partial charge is 0.338 e. The molecule has 2 aromatic carbocycles. The molecule has 0 radical (unpaired) electrons. The van der Waals surface area contributed by atoms with E-state index in [2.05, 4.69) is 4.99 Å². The molecule has 11 nitrogen and oxygen atoms in total. The number of nitro benzene ring substituents is 1. The van der Waals surface area contributed by atoms with Crippen LogP contribution in [0.5, 0.6) is 11.5 Å². The molecular weight excluding hydrogens is 466 g/mol. The van der Waals surface area contributed by atoms with Crippen LogP contribution in [0.3, 0.4) is 0 Å². The van der Waals surface area contributed by atoms with Gasteiger partial charge in [0.2, 0.25) is 0 Å². The van der Waals surface area contributed by atoms with Crippen molar-refractivity contribution in [1.29, 1.82) is 0 Å². The second kappa shape index (κ2) is 10.9. The maximum Gasteiger partial charge on any atom is 0.338 e. The molecule has 1 aromatic heterocycles. The summed E-state index contributed by atoms with van der Waals surface area (Å²) in [4.78, 5) is 40.6. The summed E-state index contributed by atoms with van der Waals surface area (Å²) in [6.45, 7) is 2.67. The van der Waals surface area contributed by atoms with Crippen LogP contribution in [0, 0.1) is 10.1 Å². The van der Waals surface area contributed by atoms with Crippen LogP contribution in [0.15, 0.2) is 35.3 Å². The number of carbonyl (C=O) groups is 2. The van der Waals surface area contributed by atoms with Crippen LogP contribution in [0.4, 0.5) is 5.69 Å². The molecule has 0 atom stereocenters. The molecule has 12 heteroatoms. The molecule has 34 heavy (non-hydrogen) atoms. The molecule has 1 amide bonds. The van der Waals surface area contributed by atoms with Gasteiger partial charge in [-0.05, 0) is 25.1 Å². The van der Waals surface area contributed by atoms with Gasteiger partial charge in [0, 0.05) is 19.7 Å². The standard InChI is InChI=1S/C22H23N3O8S/c1-5-33-21(27)13-6-7-15-19(10-13)34-22(24(15)8-9-30-2)23-20(26)14-11-17(31-3)18(32-4)12-16(14)25(28)29/h6-7,10-12H,5,8-9H2,1-4H3. The number of aromatic nitrogens is 1. The highest BCUT2D eigenvalue weighted by molar-refractivity contribution is 7.16. The van der Waals surface area contributed by atoms with E-state index < -0.39 is 22.5 Å². The Morgan fingerprint density at radius 1 is 1.12 bits per heavy atom. The summed E-state index contributed by atoms with van der Waals surface area (Å²) in [5, 5.41) is 11.6. The topological polar surface area (TPSA) is 131 Å². The number of benzene rings is 2. The number of methoxy groups -OCH3 is 3. The number of thiazole rings is 1. The van der Waals surface area contributed by atoms with Crippen molar-refractivity contribution < 1.29 is 33.5 Å². The molecule has 0 unspecified atom stereocenters. The number of hydrogen-bond acceptors (Lipinski definition) is 9. The summed E-state index contributed by atoms with van der Waals surface area (Å²) in [6.07, 6.45) is 0. The second-order valence-electron chi connectivity index (χ2n) is 6.83. The molecule has 0 saturated heterocycles. The van der Waals surface area contributed by atoms with Gasteiger partial charge < -0.3 is 23.5 Å². The largest absolute Gasteiger partial charge is 0.493 e. The van der Waals surface area contributed by atoms with E-state index in [4.69, 9.17) is 18.9 Å². The summed E-state index contributed by atoms with van der Waals surface area (Å²) < 4.78 is 23.0. The molecule has 0 N–H and O–H groups in total. The van der Waals surface area contributed by atoms with Gasteiger partial charge in [-0.3, -0.25) is 14.9 Å². The Balaban J connectivity index is 2.17. The molecular formula is C22H23N3O8S. The first-order valence-electron chi connectivity index (χ1n) is 10.1. The van der Waals surface area contributed by atoms with Crippen LogP contribution < -0.4 is 14.3 Å². The van der Waals surface area contributed by atoms with E-state index in [0.29, 0.717) is 28.2 Å². The molecule has 0 aliphatic carbocycles. The Bertz CT molecular complexity index is 1310. The van der Waals surface area contributed by atoms with Gasteiger partial charge >= 0.3 is 5.97 Å². The predicted molar refractivity (Wildman–Crippen MR) is 124 cm³/mol. The molecule has 0 fully saturated rings. The van der Waals surface area contributed by atoms with Crippen molar-refractivity contribution in [3.63, 3.8) is 0 Å². The van der Waals surface area contributed by atoms with Crippen molar-refractivity contribution in [2.75, 3.05) is 34.5 Å². The van der Waals surface area contributed by atoms with Gasteiger partial charge in [0.05, 0.1) is 54.2 Å². The van der Waals surface area contributed by atoms with Crippen LogP contribution in [-0.2, 0) is 16.0 Å². The third-order valence-corrected chi connectivity index (χ3v) is 5.88. The summed E-state index contributed by atoms with van der Waals surface area (Å²) in [5.74, 6) is -1.00. The van der Waals surface area contributed by atoms with Crippen molar-refractivity contribution in [3.8, 4) is 11.5 Å². The fraction of sp³-hybridized carbons (Fsp3) is 0.318. The molecule has 180 valence electrons. The Morgan fingerprint density at radius 3 is 2.44 bits per heavy atom. The minimum atomic E-state index is -0.823. The van der Waals surface area contributed by atoms with Gasteiger partial charge in [0.25, 0.3) is 11.6 Å². The van der Waals surface area contributed by atoms with Crippen molar-refractivity contribution in [2.45, 2.75) is 13.5 Å². The molecule has 3 aromatic rings. The first-order chi connectivity index (χ1) is 16.3. The van der Waals surface area contributed by atoms with Crippen molar-refractivity contribution in [3.05, 3.63) is 56.4 Å². The second-order valence-corrected chi connectivity index (χ2v) is 7.84. The molecule has 0 spiro atoms. The lowest BCUT2D eigenvalue weighted by Crippen LogP contribution is -2.19. The lowest BCUT2D eigenvalue weighted by atomic mass is 10.1. The number of carbonyl (C=O) groups excluding carboxylic acids is 2. The minimum absolute atomic E-state index is 0.120. The van der Waals surface area contributed by atoms with Crippen LogP contribution in [0.25, 0.3) is 10.2 Å². The van der Waals surface area contributed by atoms with E-state index in [-0.39, 0.29) is 23.7 Å². The summed E-state index contributed by atoms with van der Waals surface area (Å²) in [7, 11) is 4.25. The van der Waals surface area contributed by atoms with Gasteiger partial charge in [-0.1, -0.05) is 11.3 Å². The fourth-order valence-electron chi connectivity index (χ4n) is 3.24. The van der Waals surface area contributed by atoms with E-state index in [1.165, 1.54) is 31.6 Å². The third kappa shape index (κ3) is 5.07. The zero-order chi connectivity index (χ0) is 24.8. The average molecular weight is 490 g/mol. The van der Waals surface area contributed by atoms with Crippen LogP contribution >= 0.6 is 11.3 Å². The normalized spacial score (nSPS) is 11.5. The van der Waals surface area contributed by atoms with Gasteiger partial charge in [0.15, 0.2) is 16.3 Å². The first-order valence-corrected chi connectivity index (χ1v) is 10.9. The average Bonchev–Trinajstić information content (AvgIpc) is 3.17. The number of hydrogen-bond donors (Lipinski definition) is 0. The fourth-order valence-corrected chi connectivity index (χ4v) is 4.33. The number of esters is 1. The van der Waals surface area contributed by atoms with Crippen molar-refractivity contribution in [2.24, 2.45) is 4.99 Å². The molecule has 0 aliphatic heterocycles. The number of ether oxygens (including phenoxy) is 4. The SMILES string of the molecule is CCOC(=O)c1ccc2c(c1)sc(=NC(=O)c1cc(OC)c(OC)cc1[N+](=O)[O-])n2CCOC. The zero-order valence-electron chi connectivity index (χ0n) is 19.0. The highest BCUT2D eigenvalue weighted by Gasteiger charge is 2.25. The Morgan fingerprint density at radius 2 is 1.82 bits per heavy atom. The zero-order valence-corrected chi connectivity index (χ0v) is 19.8. The van der Waals surface area contributed by atoms with Crippen molar-refractivity contribution in [1.82, 2.24) is 4.57 Å². The quantitative estimate of drug-likeness (QED) is 0.254. The number of nitrogens with zero attached hydrogens (tertiary/aromatic N) is 3. The van der Waals surface area contributed by atoms with E-state index in [1.54, 1.807) is 36.8 Å². The van der Waals surface area contributed by atoms with E-state index in [9.17, 15) is 19.7 Å². The molecule has 1 heterocycles. The van der Waals surface area contributed by atoms with Gasteiger partial charge in [-0.2, -0.15) is 4.99 Å². The first kappa shape index (κ1) is 24.9.